The van der Waals surface area contributed by atoms with Gasteiger partial charge in [-0.05, 0) is 37.1 Å². The van der Waals surface area contributed by atoms with Crippen molar-refractivity contribution in [2.75, 3.05) is 14.2 Å². The van der Waals surface area contributed by atoms with Gasteiger partial charge in [-0.15, -0.1) is 0 Å². The summed E-state index contributed by atoms with van der Waals surface area (Å²) in [5.74, 6) is -0.213. The summed E-state index contributed by atoms with van der Waals surface area (Å²) >= 11 is 0. The molecule has 1 rings (SSSR count). The molecule has 0 bridgehead atoms. The maximum atomic E-state index is 13.1. The van der Waals surface area contributed by atoms with Gasteiger partial charge < -0.3 is 14.8 Å². The Morgan fingerprint density at radius 3 is 2.53 bits per heavy atom. The maximum absolute atomic E-state index is 13.1. The molecule has 1 aromatic carbocycles. The third-order valence-corrected chi connectivity index (χ3v) is 2.80. The zero-order valence-corrected chi connectivity index (χ0v) is 10.8. The van der Waals surface area contributed by atoms with Crippen LogP contribution >= 0.6 is 0 Å². The molecule has 0 amide bonds. The molecule has 0 heterocycles. The van der Waals surface area contributed by atoms with E-state index in [0.29, 0.717) is 6.54 Å². The molecule has 17 heavy (non-hydrogen) atoms. The van der Waals surface area contributed by atoms with E-state index < -0.39 is 0 Å². The van der Waals surface area contributed by atoms with Crippen LogP contribution in [0.4, 0.5) is 4.39 Å². The highest BCUT2D eigenvalue weighted by atomic mass is 19.1. The molecule has 0 saturated carbocycles. The van der Waals surface area contributed by atoms with Crippen molar-refractivity contribution in [3.8, 4) is 0 Å². The summed E-state index contributed by atoms with van der Waals surface area (Å²) in [6, 6.07) is 4.83. The number of rotatable bonds is 6. The topological polar surface area (TPSA) is 30.5 Å². The van der Waals surface area contributed by atoms with E-state index in [4.69, 9.17) is 9.47 Å². The number of methoxy groups -OCH3 is 2. The number of hydrogen-bond acceptors (Lipinski definition) is 3. The third-order valence-electron chi connectivity index (χ3n) is 2.80. The Balaban J connectivity index is 2.57. The highest BCUT2D eigenvalue weighted by molar-refractivity contribution is 5.26. The van der Waals surface area contributed by atoms with Crippen molar-refractivity contribution >= 4 is 0 Å². The SMILES string of the molecule is COC(OC)C(C)NCc1cc(F)ccc1C. The lowest BCUT2D eigenvalue weighted by Crippen LogP contribution is -2.39. The standard InChI is InChI=1S/C13H20FNO2/c1-9-5-6-12(14)7-11(9)8-15-10(2)13(16-3)17-4/h5-7,10,13,15H,8H2,1-4H3. The minimum Gasteiger partial charge on any atom is -0.354 e. The smallest absolute Gasteiger partial charge is 0.171 e. The van der Waals surface area contributed by atoms with Crippen LogP contribution in [0.25, 0.3) is 0 Å². The molecular weight excluding hydrogens is 221 g/mol. The molecule has 0 radical (unpaired) electrons. The Morgan fingerprint density at radius 2 is 1.94 bits per heavy atom. The molecule has 1 atom stereocenters. The Morgan fingerprint density at radius 1 is 1.29 bits per heavy atom. The first-order chi connectivity index (χ1) is 8.08. The molecule has 0 saturated heterocycles. The molecule has 0 spiro atoms. The third kappa shape index (κ3) is 4.07. The van der Waals surface area contributed by atoms with Gasteiger partial charge in [-0.3, -0.25) is 0 Å². The number of nitrogens with one attached hydrogen (secondary N) is 1. The second kappa shape index (κ2) is 6.69. The maximum Gasteiger partial charge on any atom is 0.171 e. The number of halogens is 1. The Bertz CT molecular complexity index is 353. The van der Waals surface area contributed by atoms with Crippen LogP contribution in [0.3, 0.4) is 0 Å². The highest BCUT2D eigenvalue weighted by Crippen LogP contribution is 2.10. The van der Waals surface area contributed by atoms with Gasteiger partial charge in [0.05, 0.1) is 6.04 Å². The molecule has 4 heteroatoms. The average Bonchev–Trinajstić information content (AvgIpc) is 2.32. The van der Waals surface area contributed by atoms with Crippen molar-refractivity contribution in [3.05, 3.63) is 35.1 Å². The van der Waals surface area contributed by atoms with Crippen LogP contribution in [0, 0.1) is 12.7 Å². The van der Waals surface area contributed by atoms with Crippen LogP contribution in [0.15, 0.2) is 18.2 Å². The van der Waals surface area contributed by atoms with Gasteiger partial charge in [0.1, 0.15) is 5.82 Å². The zero-order valence-electron chi connectivity index (χ0n) is 10.8. The van der Waals surface area contributed by atoms with Crippen molar-refractivity contribution in [1.29, 1.82) is 0 Å². The predicted molar refractivity (Wildman–Crippen MR) is 65.2 cm³/mol. The van der Waals surface area contributed by atoms with E-state index in [2.05, 4.69) is 5.32 Å². The van der Waals surface area contributed by atoms with Gasteiger partial charge in [0.2, 0.25) is 0 Å². The lowest BCUT2D eigenvalue weighted by molar-refractivity contribution is -0.119. The minimum atomic E-state index is -0.302. The number of aryl methyl sites for hydroxylation is 1. The Kier molecular flexibility index (Phi) is 5.55. The van der Waals surface area contributed by atoms with Gasteiger partial charge >= 0.3 is 0 Å². The normalized spacial score (nSPS) is 13.1. The van der Waals surface area contributed by atoms with Crippen LogP contribution in [-0.2, 0) is 16.0 Å². The minimum absolute atomic E-state index is 0.0349. The van der Waals surface area contributed by atoms with Gasteiger partial charge in [0.15, 0.2) is 6.29 Å². The molecule has 0 aromatic heterocycles. The van der Waals surface area contributed by atoms with E-state index in [1.807, 2.05) is 13.8 Å². The molecule has 0 aliphatic rings. The summed E-state index contributed by atoms with van der Waals surface area (Å²) < 4.78 is 23.4. The highest BCUT2D eigenvalue weighted by Gasteiger charge is 2.15. The van der Waals surface area contributed by atoms with Crippen LogP contribution in [0.5, 0.6) is 0 Å². The van der Waals surface area contributed by atoms with Crippen molar-refractivity contribution in [1.82, 2.24) is 5.32 Å². The van der Waals surface area contributed by atoms with Gasteiger partial charge in [0.25, 0.3) is 0 Å². The van der Waals surface area contributed by atoms with Crippen molar-refractivity contribution < 1.29 is 13.9 Å². The Hall–Kier alpha value is -0.970. The van der Waals surface area contributed by atoms with Gasteiger partial charge in [-0.25, -0.2) is 4.39 Å². The Labute approximate surface area is 102 Å². The van der Waals surface area contributed by atoms with E-state index in [1.54, 1.807) is 26.4 Å². The van der Waals surface area contributed by atoms with E-state index in [1.165, 1.54) is 6.07 Å². The van der Waals surface area contributed by atoms with E-state index >= 15 is 0 Å². The molecular formula is C13H20FNO2. The molecule has 0 aliphatic carbocycles. The van der Waals surface area contributed by atoms with Crippen LogP contribution in [-0.4, -0.2) is 26.6 Å². The zero-order chi connectivity index (χ0) is 12.8. The summed E-state index contributed by atoms with van der Waals surface area (Å²) in [4.78, 5) is 0. The summed E-state index contributed by atoms with van der Waals surface area (Å²) in [5.41, 5.74) is 2.01. The second-order valence-electron chi connectivity index (χ2n) is 4.08. The van der Waals surface area contributed by atoms with Crippen LogP contribution in [0.1, 0.15) is 18.1 Å². The number of hydrogen-bond donors (Lipinski definition) is 1. The summed E-state index contributed by atoms with van der Waals surface area (Å²) in [6.07, 6.45) is -0.302. The quantitative estimate of drug-likeness (QED) is 0.775. The first-order valence-electron chi connectivity index (χ1n) is 5.62. The lowest BCUT2D eigenvalue weighted by atomic mass is 10.1. The second-order valence-corrected chi connectivity index (χ2v) is 4.08. The fourth-order valence-electron chi connectivity index (χ4n) is 1.70. The lowest BCUT2D eigenvalue weighted by Gasteiger charge is -2.22. The van der Waals surface area contributed by atoms with Crippen LogP contribution < -0.4 is 5.32 Å². The van der Waals surface area contributed by atoms with Crippen molar-refractivity contribution in [2.45, 2.75) is 32.7 Å². The summed E-state index contributed by atoms with van der Waals surface area (Å²) in [7, 11) is 3.19. The predicted octanol–water partition coefficient (Wildman–Crippen LogP) is 2.23. The number of ether oxygens (including phenoxy) is 2. The number of benzene rings is 1. The largest absolute Gasteiger partial charge is 0.354 e. The van der Waals surface area contributed by atoms with Gasteiger partial charge in [-0.2, -0.15) is 0 Å². The van der Waals surface area contributed by atoms with Crippen molar-refractivity contribution in [2.24, 2.45) is 0 Å². The first-order valence-corrected chi connectivity index (χ1v) is 5.62. The summed E-state index contributed by atoms with van der Waals surface area (Å²) in [5, 5.41) is 3.25. The molecule has 96 valence electrons. The van der Waals surface area contributed by atoms with E-state index in [9.17, 15) is 4.39 Å². The molecule has 1 unspecified atom stereocenters. The molecule has 0 aliphatic heterocycles. The fraction of sp³-hybridized carbons (Fsp3) is 0.538. The van der Waals surface area contributed by atoms with Crippen molar-refractivity contribution in [3.63, 3.8) is 0 Å². The van der Waals surface area contributed by atoms with E-state index in [-0.39, 0.29) is 18.1 Å². The fourth-order valence-corrected chi connectivity index (χ4v) is 1.70. The molecule has 1 N–H and O–H groups in total. The molecule has 3 nitrogen and oxygen atoms in total. The first kappa shape index (κ1) is 14.1. The van der Waals surface area contributed by atoms with E-state index in [0.717, 1.165) is 11.1 Å². The van der Waals surface area contributed by atoms with Gasteiger partial charge in [0, 0.05) is 20.8 Å². The molecule has 0 fully saturated rings. The monoisotopic (exact) mass is 241 g/mol. The van der Waals surface area contributed by atoms with Crippen LogP contribution in [0.2, 0.25) is 0 Å². The summed E-state index contributed by atoms with van der Waals surface area (Å²) in [6.45, 7) is 4.52. The average molecular weight is 241 g/mol. The molecule has 1 aromatic rings. The van der Waals surface area contributed by atoms with Gasteiger partial charge in [-0.1, -0.05) is 6.07 Å².